The predicted octanol–water partition coefficient (Wildman–Crippen LogP) is 12.4. The van der Waals surface area contributed by atoms with Gasteiger partial charge in [-0.05, 0) is 101 Å². The van der Waals surface area contributed by atoms with Crippen LogP contribution in [0.3, 0.4) is 0 Å². The Morgan fingerprint density at radius 3 is 1.19 bits per heavy atom. The number of nitrogens with zero attached hydrogens (tertiary/aromatic N) is 13. The highest BCUT2D eigenvalue weighted by molar-refractivity contribution is 7.89. The number of unbranched alkanes of at least 4 members (excludes halogenated alkanes) is 2. The molecule has 2 aromatic carbocycles. The van der Waals surface area contributed by atoms with Crippen molar-refractivity contribution in [3.05, 3.63) is 66.2 Å². The average Bonchev–Trinajstić information content (AvgIpc) is 3.96. The normalized spacial score (nSPS) is 13.6. The largest absolute Gasteiger partial charge is 0.355 e. The fourth-order valence-corrected chi connectivity index (χ4v) is 10.7. The molecule has 2 N–H and O–H groups in total. The summed E-state index contributed by atoms with van der Waals surface area (Å²) < 4.78 is 62.1. The molecule has 2 unspecified atom stereocenters. The van der Waals surface area contributed by atoms with Gasteiger partial charge in [-0.3, -0.25) is 0 Å². The van der Waals surface area contributed by atoms with Gasteiger partial charge in [0.1, 0.15) is 6.33 Å². The molecule has 5 aromatic rings. The third-order valence-corrected chi connectivity index (χ3v) is 16.1. The quantitative estimate of drug-likeness (QED) is 0.0448. The summed E-state index contributed by atoms with van der Waals surface area (Å²) in [6.45, 7) is 32.2. The van der Waals surface area contributed by atoms with Crippen molar-refractivity contribution in [2.75, 3.05) is 49.1 Å². The number of nitrogens with one attached hydrogen (secondary N) is 2. The third kappa shape index (κ3) is 14.9. The molecule has 0 amide bonds. The molecule has 0 bridgehead atoms. The lowest BCUT2D eigenvalue weighted by Crippen LogP contribution is -2.29. The minimum Gasteiger partial charge on any atom is -0.355 e. The maximum atomic E-state index is 13.3. The van der Waals surface area contributed by atoms with E-state index in [1.54, 1.807) is 57.9 Å². The zero-order valence-corrected chi connectivity index (χ0v) is 48.1. The van der Waals surface area contributed by atoms with Crippen LogP contribution in [0.25, 0.3) is 11.9 Å². The van der Waals surface area contributed by atoms with Crippen molar-refractivity contribution in [2.24, 2.45) is 32.3 Å². The maximum absolute atomic E-state index is 13.3. The van der Waals surface area contributed by atoms with E-state index >= 15 is 0 Å². The molecule has 5 rings (SSSR count). The molecule has 3 heterocycles. The number of benzene rings is 2. The van der Waals surface area contributed by atoms with Gasteiger partial charge < -0.3 is 9.80 Å². The Bertz CT molecular complexity index is 2670. The fraction of sp³-hybridized carbons (Fsp3) is 0.604. The minimum atomic E-state index is -3.72. The van der Waals surface area contributed by atoms with E-state index in [0.717, 1.165) is 51.4 Å². The first-order chi connectivity index (χ1) is 35.1. The molecule has 0 saturated heterocycles. The van der Waals surface area contributed by atoms with E-state index in [-0.39, 0.29) is 33.5 Å². The number of azo groups is 2. The summed E-state index contributed by atoms with van der Waals surface area (Å²) in [5.41, 5.74) is 2.27. The van der Waals surface area contributed by atoms with Gasteiger partial charge in [-0.2, -0.15) is 44.7 Å². The van der Waals surface area contributed by atoms with Crippen molar-refractivity contribution in [1.29, 1.82) is 0 Å². The number of aromatic nitrogens is 7. The smallest absolute Gasteiger partial charge is 0.257 e. The first kappa shape index (κ1) is 59.4. The average molecular weight is 1060 g/mol. The van der Waals surface area contributed by atoms with Gasteiger partial charge in [0, 0.05) is 50.1 Å². The van der Waals surface area contributed by atoms with Crippen molar-refractivity contribution < 1.29 is 16.8 Å². The standard InChI is InChI=1S/C53H83N15O4S2/c1-15-23-25-38(17-3)35-56-73(69,70)42-31-27-40(28-32-42)59-61-44-46(52(9,10)11)63-67(48(44)65(19-5)20-6)50-54-37-55-51(58-50)68-49(66(21-7)22-8)45(47(64-68)53(12,13)14)62-60-41-29-33-43(34-30-41)74(71,72)57-36-39(18-4)26-24-16-2/h27-34,37-39,56-57H,15-26,35-36H2,1-14H3/b61-59+,62-60+. The monoisotopic (exact) mass is 1060 g/mol. The fourth-order valence-electron chi connectivity index (χ4n) is 8.48. The number of hydrogen-bond donors (Lipinski definition) is 2. The van der Waals surface area contributed by atoms with Gasteiger partial charge in [-0.25, -0.2) is 26.3 Å². The van der Waals surface area contributed by atoms with Gasteiger partial charge in [-0.15, -0.1) is 10.2 Å². The van der Waals surface area contributed by atoms with Crippen LogP contribution in [0, 0.1) is 11.8 Å². The van der Waals surface area contributed by atoms with Crippen molar-refractivity contribution in [1.82, 2.24) is 44.0 Å². The van der Waals surface area contributed by atoms with Crippen LogP contribution in [0.4, 0.5) is 34.4 Å². The van der Waals surface area contributed by atoms with Gasteiger partial charge >= 0.3 is 0 Å². The van der Waals surface area contributed by atoms with Gasteiger partial charge in [0.2, 0.25) is 20.0 Å². The Morgan fingerprint density at radius 1 is 0.541 bits per heavy atom. The van der Waals surface area contributed by atoms with E-state index in [1.807, 2.05) is 27.7 Å². The van der Waals surface area contributed by atoms with Gasteiger partial charge in [-0.1, -0.05) is 108 Å². The van der Waals surface area contributed by atoms with Crippen LogP contribution in [0.15, 0.2) is 85.1 Å². The zero-order valence-electron chi connectivity index (χ0n) is 46.5. The molecule has 0 fully saturated rings. The molecule has 19 nitrogen and oxygen atoms in total. The first-order valence-corrected chi connectivity index (χ1v) is 29.6. The van der Waals surface area contributed by atoms with E-state index in [9.17, 15) is 16.8 Å². The lowest BCUT2D eigenvalue weighted by Gasteiger charge is -2.23. The molecule has 74 heavy (non-hydrogen) atoms. The van der Waals surface area contributed by atoms with E-state index in [4.69, 9.17) is 25.4 Å². The van der Waals surface area contributed by atoms with Crippen LogP contribution < -0.4 is 19.2 Å². The number of rotatable bonds is 28. The highest BCUT2D eigenvalue weighted by Crippen LogP contribution is 2.43. The van der Waals surface area contributed by atoms with Crippen LogP contribution in [0.2, 0.25) is 0 Å². The summed E-state index contributed by atoms with van der Waals surface area (Å²) in [5, 5.41) is 29.3. The van der Waals surface area contributed by atoms with Crippen molar-refractivity contribution in [3.8, 4) is 11.9 Å². The lowest BCUT2D eigenvalue weighted by atomic mass is 9.91. The summed E-state index contributed by atoms with van der Waals surface area (Å²) >= 11 is 0. The second-order valence-corrected chi connectivity index (χ2v) is 24.3. The SMILES string of the molecule is CCCCC(CC)CNS(=O)(=O)c1ccc(/N=N/c2c(C(C)(C)C)nn(-c3ncnc(-n4nc(C(C)(C)C)c(/N=N/c5ccc(S(=O)(=O)NCC(CC)CCCC)cc5)c4N(CC)CC)n3)c2N(CC)CC)cc1. The van der Waals surface area contributed by atoms with Crippen LogP contribution in [0.5, 0.6) is 0 Å². The topological polar surface area (TPSA) is 223 Å². The third-order valence-electron chi connectivity index (χ3n) is 13.2. The molecule has 406 valence electrons. The summed E-state index contributed by atoms with van der Waals surface area (Å²) in [7, 11) is -7.44. The van der Waals surface area contributed by atoms with Gasteiger partial charge in [0.05, 0.1) is 32.6 Å². The molecule has 3 aromatic heterocycles. The maximum Gasteiger partial charge on any atom is 0.257 e. The molecule has 0 aliphatic heterocycles. The second-order valence-electron chi connectivity index (χ2n) is 20.7. The Hall–Kier alpha value is -5.51. The van der Waals surface area contributed by atoms with Crippen molar-refractivity contribution in [3.63, 3.8) is 0 Å². The minimum absolute atomic E-state index is 0.164. The molecular weight excluding hydrogens is 975 g/mol. The van der Waals surface area contributed by atoms with Crippen LogP contribution >= 0.6 is 0 Å². The molecule has 2 atom stereocenters. The lowest BCUT2D eigenvalue weighted by molar-refractivity contribution is 0.443. The summed E-state index contributed by atoms with van der Waals surface area (Å²) in [6.07, 6.45) is 9.48. The zero-order chi connectivity index (χ0) is 54.4. The Labute approximate surface area is 441 Å². The molecule has 0 aliphatic rings. The molecule has 0 spiro atoms. The Morgan fingerprint density at radius 2 is 0.892 bits per heavy atom. The first-order valence-electron chi connectivity index (χ1n) is 26.6. The molecular formula is C53H83N15O4S2. The molecule has 0 saturated carbocycles. The van der Waals surface area contributed by atoms with E-state index < -0.39 is 30.9 Å². The van der Waals surface area contributed by atoms with Crippen molar-refractivity contribution >= 4 is 54.4 Å². The van der Waals surface area contributed by atoms with Gasteiger partial charge in [0.15, 0.2) is 23.0 Å². The van der Waals surface area contributed by atoms with Crippen LogP contribution in [0.1, 0.15) is 160 Å². The molecule has 0 aliphatic carbocycles. The number of anilines is 2. The van der Waals surface area contributed by atoms with E-state index in [1.165, 1.54) is 6.33 Å². The highest BCUT2D eigenvalue weighted by Gasteiger charge is 2.34. The Balaban J connectivity index is 1.57. The predicted molar refractivity (Wildman–Crippen MR) is 297 cm³/mol. The van der Waals surface area contributed by atoms with Crippen LogP contribution in [-0.4, -0.2) is 90.6 Å². The van der Waals surface area contributed by atoms with Crippen LogP contribution in [-0.2, 0) is 30.9 Å². The Kier molecular flexibility index (Phi) is 21.1. The number of hydrogen-bond acceptors (Lipinski definition) is 15. The number of sulfonamides is 2. The van der Waals surface area contributed by atoms with E-state index in [0.29, 0.717) is 85.0 Å². The van der Waals surface area contributed by atoms with Crippen molar-refractivity contribution in [2.45, 2.75) is 169 Å². The second kappa shape index (κ2) is 26.3. The highest BCUT2D eigenvalue weighted by atomic mass is 32.2. The van der Waals surface area contributed by atoms with Gasteiger partial charge in [0.25, 0.3) is 11.9 Å². The van der Waals surface area contributed by atoms with E-state index in [2.05, 4.69) is 109 Å². The summed E-state index contributed by atoms with van der Waals surface area (Å²) in [4.78, 5) is 19.0. The summed E-state index contributed by atoms with van der Waals surface area (Å²) in [6, 6.07) is 12.8. The molecule has 21 heteroatoms. The molecule has 0 radical (unpaired) electrons. The summed E-state index contributed by atoms with van der Waals surface area (Å²) in [5.74, 6) is 2.26.